The van der Waals surface area contributed by atoms with Gasteiger partial charge in [0.05, 0.1) is 0 Å². The van der Waals surface area contributed by atoms with E-state index in [4.69, 9.17) is 9.97 Å². The number of hydrogen-bond acceptors (Lipinski definition) is 2. The van der Waals surface area contributed by atoms with Crippen molar-refractivity contribution in [3.8, 4) is 45.3 Å². The molecule has 4 heterocycles. The van der Waals surface area contributed by atoms with Crippen LogP contribution in [0.15, 0.2) is 231 Å². The fraction of sp³-hybridized carbons (Fsp3) is 0. The Kier molecular flexibility index (Phi) is 8.05. The Hall–Kier alpha value is -7.80. The van der Waals surface area contributed by atoms with Crippen LogP contribution in [-0.2, 0) is 0 Å². The molecule has 12 aromatic rings. The Morgan fingerprint density at radius 2 is 0.825 bits per heavy atom. The molecule has 1 aliphatic rings. The molecule has 294 valence electrons. The molecule has 0 saturated heterocycles. The van der Waals surface area contributed by atoms with Crippen LogP contribution in [0.3, 0.4) is 0 Å². The van der Waals surface area contributed by atoms with Crippen molar-refractivity contribution in [3.63, 3.8) is 0 Å². The van der Waals surface area contributed by atoms with Crippen LogP contribution in [0, 0.1) is 0 Å². The van der Waals surface area contributed by atoms with Gasteiger partial charge in [-0.2, -0.15) is 0 Å². The summed E-state index contributed by atoms with van der Waals surface area (Å²) in [6.07, 6.45) is 0. The predicted molar refractivity (Wildman–Crippen MR) is 264 cm³/mol. The first-order valence-corrected chi connectivity index (χ1v) is 25.8. The SMILES string of the molecule is c1ccc(-c2nc(-c3ccccc3-n3c4ccccc4c4ccc5c6ccccc6n(-c6ccccc6)c5c43)nc3[c]2[Ge]([c]2ccccc2)([c]2ccccc2)[c]2ccccc2-3)cc1. The molecule has 0 bridgehead atoms. The van der Waals surface area contributed by atoms with Gasteiger partial charge in [0.1, 0.15) is 0 Å². The third kappa shape index (κ3) is 5.16. The molecule has 0 atom stereocenters. The van der Waals surface area contributed by atoms with E-state index in [2.05, 4.69) is 240 Å². The van der Waals surface area contributed by atoms with Gasteiger partial charge in [-0.25, -0.2) is 0 Å². The summed E-state index contributed by atoms with van der Waals surface area (Å²) in [6.45, 7) is 0. The molecule has 0 spiro atoms. The Morgan fingerprint density at radius 3 is 1.48 bits per heavy atom. The second kappa shape index (κ2) is 14.1. The van der Waals surface area contributed by atoms with Crippen LogP contribution in [0.2, 0.25) is 0 Å². The first kappa shape index (κ1) is 35.9. The van der Waals surface area contributed by atoms with E-state index in [1.165, 1.54) is 55.7 Å². The van der Waals surface area contributed by atoms with E-state index < -0.39 is 13.3 Å². The van der Waals surface area contributed by atoms with Crippen LogP contribution in [-0.4, -0.2) is 32.4 Å². The molecular formula is C58H38GeN4. The van der Waals surface area contributed by atoms with Crippen molar-refractivity contribution in [1.29, 1.82) is 0 Å². The van der Waals surface area contributed by atoms with Gasteiger partial charge in [0.2, 0.25) is 0 Å². The number of hydrogen-bond donors (Lipinski definition) is 0. The van der Waals surface area contributed by atoms with E-state index in [-0.39, 0.29) is 0 Å². The number of benzene rings is 9. The van der Waals surface area contributed by atoms with E-state index in [1.54, 1.807) is 0 Å². The monoisotopic (exact) mass is 864 g/mol. The summed E-state index contributed by atoms with van der Waals surface area (Å²) in [5.74, 6) is 0.707. The average Bonchev–Trinajstić information content (AvgIpc) is 3.99. The van der Waals surface area contributed by atoms with Gasteiger partial charge in [-0.1, -0.05) is 30.3 Å². The van der Waals surface area contributed by atoms with Crippen molar-refractivity contribution in [3.05, 3.63) is 231 Å². The number of fused-ring (bicyclic) bond motifs is 10. The molecule has 13 rings (SSSR count). The van der Waals surface area contributed by atoms with Crippen molar-refractivity contribution in [2.45, 2.75) is 0 Å². The van der Waals surface area contributed by atoms with Crippen LogP contribution in [0.5, 0.6) is 0 Å². The molecule has 3 aromatic heterocycles. The topological polar surface area (TPSA) is 35.6 Å². The number of rotatable bonds is 6. The normalized spacial score (nSPS) is 12.9. The first-order chi connectivity index (χ1) is 31.3. The Labute approximate surface area is 367 Å². The summed E-state index contributed by atoms with van der Waals surface area (Å²) < 4.78 is 10.3. The van der Waals surface area contributed by atoms with E-state index >= 15 is 0 Å². The van der Waals surface area contributed by atoms with Gasteiger partial charge < -0.3 is 0 Å². The Balaban J connectivity index is 1.16. The quantitative estimate of drug-likeness (QED) is 0.156. The van der Waals surface area contributed by atoms with Crippen LogP contribution in [0.25, 0.3) is 88.9 Å². The van der Waals surface area contributed by atoms with Crippen LogP contribution in [0.4, 0.5) is 0 Å². The maximum absolute atomic E-state index is 5.82. The molecule has 0 N–H and O–H groups in total. The number of aromatic nitrogens is 4. The Morgan fingerprint density at radius 1 is 0.349 bits per heavy atom. The standard InChI is InChI=1S/C58H38GeN4/c1-5-21-39(22-6-1)54-53-55(47-31-13-17-33-49(47)59(53,40-23-7-2-8-24-40)41-25-9-3-10-26-41)61-58(60-54)48-32-16-20-36-52(48)63-51-35-19-15-30-44(51)46-38-37-45-43-29-14-18-34-50(43)62(56(45)57(46)63)42-27-11-4-12-28-42/h1-38H. The molecule has 0 radical (unpaired) electrons. The molecule has 5 heteroatoms. The fourth-order valence-electron chi connectivity index (χ4n) is 10.7. The molecule has 0 saturated carbocycles. The zero-order valence-corrected chi connectivity index (χ0v) is 36.3. The van der Waals surface area contributed by atoms with Gasteiger partial charge in [-0.15, -0.1) is 0 Å². The third-order valence-electron chi connectivity index (χ3n) is 13.2. The van der Waals surface area contributed by atoms with Crippen LogP contribution in [0.1, 0.15) is 0 Å². The molecule has 9 aromatic carbocycles. The minimum absolute atomic E-state index is 0.707. The van der Waals surface area contributed by atoms with Crippen molar-refractivity contribution < 1.29 is 0 Å². The van der Waals surface area contributed by atoms with Gasteiger partial charge in [0.25, 0.3) is 0 Å². The maximum atomic E-state index is 5.82. The molecule has 4 nitrogen and oxygen atoms in total. The summed E-state index contributed by atoms with van der Waals surface area (Å²) in [4.78, 5) is 11.6. The zero-order valence-electron chi connectivity index (χ0n) is 34.2. The van der Waals surface area contributed by atoms with Gasteiger partial charge in [0.15, 0.2) is 0 Å². The predicted octanol–water partition coefficient (Wildman–Crippen LogP) is 11.4. The fourth-order valence-corrected chi connectivity index (χ4v) is 21.7. The summed E-state index contributed by atoms with van der Waals surface area (Å²) in [7, 11) is 0. The number of nitrogens with zero attached hydrogens (tertiary/aromatic N) is 4. The van der Waals surface area contributed by atoms with Gasteiger partial charge in [0, 0.05) is 0 Å². The van der Waals surface area contributed by atoms with Crippen LogP contribution < -0.4 is 17.6 Å². The summed E-state index contributed by atoms with van der Waals surface area (Å²) in [6, 6.07) is 84.0. The Bertz CT molecular complexity index is 3690. The average molecular weight is 864 g/mol. The second-order valence-corrected chi connectivity index (χ2v) is 24.2. The number of para-hydroxylation sites is 4. The van der Waals surface area contributed by atoms with Gasteiger partial charge in [-0.05, 0) is 0 Å². The molecule has 0 unspecified atom stereocenters. The summed E-state index contributed by atoms with van der Waals surface area (Å²) in [5, 5.41) is 4.84. The summed E-state index contributed by atoms with van der Waals surface area (Å²) in [5.41, 5.74) is 12.1. The van der Waals surface area contributed by atoms with Crippen molar-refractivity contribution in [1.82, 2.24) is 19.1 Å². The van der Waals surface area contributed by atoms with E-state index in [9.17, 15) is 0 Å². The van der Waals surface area contributed by atoms with Crippen LogP contribution >= 0.6 is 0 Å². The van der Waals surface area contributed by atoms with E-state index in [1.807, 2.05) is 0 Å². The molecule has 1 aliphatic heterocycles. The first-order valence-electron chi connectivity index (χ1n) is 21.6. The molecule has 0 fully saturated rings. The molecule has 0 amide bonds. The van der Waals surface area contributed by atoms with Gasteiger partial charge >= 0.3 is 339 Å². The van der Waals surface area contributed by atoms with Gasteiger partial charge in [-0.3, -0.25) is 0 Å². The van der Waals surface area contributed by atoms with E-state index in [0.717, 1.165) is 44.9 Å². The molecular weight excluding hydrogens is 825 g/mol. The second-order valence-electron chi connectivity index (χ2n) is 16.4. The molecule has 63 heavy (non-hydrogen) atoms. The van der Waals surface area contributed by atoms with Crippen molar-refractivity contribution in [2.75, 3.05) is 0 Å². The third-order valence-corrected chi connectivity index (χ3v) is 23.4. The summed E-state index contributed by atoms with van der Waals surface area (Å²) >= 11 is -3.73. The molecule has 0 aliphatic carbocycles. The minimum atomic E-state index is -3.73. The van der Waals surface area contributed by atoms with Crippen molar-refractivity contribution >= 4 is 74.5 Å². The van der Waals surface area contributed by atoms with E-state index in [0.29, 0.717) is 5.82 Å². The zero-order chi connectivity index (χ0) is 41.5. The van der Waals surface area contributed by atoms with Crippen molar-refractivity contribution in [2.24, 2.45) is 0 Å².